The summed E-state index contributed by atoms with van der Waals surface area (Å²) < 4.78 is 40.5. The molecular formula is C28H25F3N4O2S2. The number of rotatable bonds is 5. The summed E-state index contributed by atoms with van der Waals surface area (Å²) in [7, 11) is 0. The molecule has 1 atom stereocenters. The van der Waals surface area contributed by atoms with E-state index in [9.17, 15) is 22.8 Å². The van der Waals surface area contributed by atoms with Crippen LogP contribution in [0.15, 0.2) is 54.0 Å². The van der Waals surface area contributed by atoms with Crippen molar-refractivity contribution in [3.63, 3.8) is 0 Å². The number of benzene rings is 2. The van der Waals surface area contributed by atoms with Crippen molar-refractivity contribution in [2.45, 2.75) is 31.6 Å². The molecule has 0 aliphatic carbocycles. The van der Waals surface area contributed by atoms with Gasteiger partial charge in [0.15, 0.2) is 5.01 Å². The number of carbonyl (C=O) groups is 2. The third-order valence-corrected chi connectivity index (χ3v) is 9.41. The summed E-state index contributed by atoms with van der Waals surface area (Å²) in [5.74, 6) is -0.0597. The Kier molecular flexibility index (Phi) is 6.68. The van der Waals surface area contributed by atoms with Crippen LogP contribution in [-0.4, -0.2) is 64.9 Å². The van der Waals surface area contributed by atoms with Gasteiger partial charge in [-0.2, -0.15) is 13.2 Å². The van der Waals surface area contributed by atoms with Gasteiger partial charge in [0.2, 0.25) is 0 Å². The fourth-order valence-electron chi connectivity index (χ4n) is 5.25. The molecule has 2 aromatic carbocycles. The monoisotopic (exact) mass is 570 g/mol. The number of hydrogen-bond acceptors (Lipinski definition) is 6. The minimum atomic E-state index is -4.40. The third kappa shape index (κ3) is 5.06. The zero-order valence-electron chi connectivity index (χ0n) is 21.0. The minimum absolute atomic E-state index is 0.0284. The molecule has 2 aromatic heterocycles. The van der Waals surface area contributed by atoms with Crippen LogP contribution in [-0.2, 0) is 6.18 Å². The van der Waals surface area contributed by atoms with Crippen molar-refractivity contribution in [1.82, 2.24) is 20.1 Å². The van der Waals surface area contributed by atoms with Crippen LogP contribution in [0.25, 0.3) is 21.2 Å². The van der Waals surface area contributed by atoms with Crippen molar-refractivity contribution in [1.29, 1.82) is 0 Å². The van der Waals surface area contributed by atoms with Crippen molar-refractivity contribution in [2.75, 3.05) is 26.2 Å². The summed E-state index contributed by atoms with van der Waals surface area (Å²) in [5.41, 5.74) is 1.33. The van der Waals surface area contributed by atoms with Crippen LogP contribution in [0.2, 0.25) is 0 Å². The third-order valence-electron chi connectivity index (χ3n) is 7.38. The highest BCUT2D eigenvalue weighted by atomic mass is 32.1. The summed E-state index contributed by atoms with van der Waals surface area (Å²) in [6.45, 7) is 4.41. The Morgan fingerprint density at radius 2 is 1.77 bits per heavy atom. The number of amides is 2. The second kappa shape index (κ2) is 10.0. The maximum absolute atomic E-state index is 13.3. The fraction of sp³-hybridized carbons (Fsp3) is 0.321. The number of thiazole rings is 1. The highest BCUT2D eigenvalue weighted by Crippen LogP contribution is 2.37. The van der Waals surface area contributed by atoms with Gasteiger partial charge in [0, 0.05) is 54.5 Å². The van der Waals surface area contributed by atoms with Gasteiger partial charge in [0.1, 0.15) is 0 Å². The lowest BCUT2D eigenvalue weighted by atomic mass is 10.00. The molecule has 39 heavy (non-hydrogen) atoms. The summed E-state index contributed by atoms with van der Waals surface area (Å²) in [5, 5.41) is 6.77. The van der Waals surface area contributed by atoms with Gasteiger partial charge in [0.25, 0.3) is 11.8 Å². The van der Waals surface area contributed by atoms with Crippen LogP contribution >= 0.6 is 22.7 Å². The van der Waals surface area contributed by atoms with Crippen molar-refractivity contribution in [3.8, 4) is 11.1 Å². The number of nitrogens with one attached hydrogen (secondary N) is 1. The van der Waals surface area contributed by atoms with Crippen molar-refractivity contribution >= 4 is 44.6 Å². The summed E-state index contributed by atoms with van der Waals surface area (Å²) >= 11 is 2.76. The molecule has 6 nitrogen and oxygen atoms in total. The minimum Gasteiger partial charge on any atom is -0.335 e. The maximum atomic E-state index is 13.3. The highest BCUT2D eigenvalue weighted by molar-refractivity contribution is 7.21. The van der Waals surface area contributed by atoms with Crippen molar-refractivity contribution in [2.24, 2.45) is 0 Å². The molecule has 2 aliphatic heterocycles. The molecule has 2 saturated heterocycles. The molecule has 11 heteroatoms. The number of aryl methyl sites for hydroxylation is 1. The summed E-state index contributed by atoms with van der Waals surface area (Å²) in [4.78, 5) is 34.2. The average molecular weight is 571 g/mol. The lowest BCUT2D eigenvalue weighted by Gasteiger charge is -2.41. The standard InChI is InChI=1S/C28H25F3N4O2S2/c1-16-22-12-18(17-3-2-4-19(11-17)28(29,30)31)5-6-23(22)39-24(16)26(36)35-14-21(15-35)33-20-7-9-34(13-20)27(37)25-32-8-10-38-25/h2-6,8,10-12,20-21,33H,7,9,13-15H2,1H3. The number of alkyl halides is 3. The first kappa shape index (κ1) is 26.0. The molecule has 2 aliphatic rings. The smallest absolute Gasteiger partial charge is 0.335 e. The largest absolute Gasteiger partial charge is 0.416 e. The van der Waals surface area contributed by atoms with Gasteiger partial charge in [0.05, 0.1) is 10.4 Å². The van der Waals surface area contributed by atoms with Crippen LogP contribution in [0.1, 0.15) is 37.0 Å². The molecule has 1 unspecified atom stereocenters. The molecule has 0 spiro atoms. The van der Waals surface area contributed by atoms with Crippen LogP contribution in [0, 0.1) is 6.92 Å². The predicted molar refractivity (Wildman–Crippen MR) is 146 cm³/mol. The van der Waals surface area contributed by atoms with Crippen molar-refractivity contribution in [3.05, 3.63) is 75.1 Å². The number of hydrogen-bond donors (Lipinski definition) is 1. The Balaban J connectivity index is 1.09. The molecule has 1 N–H and O–H groups in total. The van der Waals surface area contributed by atoms with Gasteiger partial charge in [-0.05, 0) is 59.7 Å². The van der Waals surface area contributed by atoms with Gasteiger partial charge in [-0.15, -0.1) is 22.7 Å². The second-order valence-electron chi connectivity index (χ2n) is 9.99. The van der Waals surface area contributed by atoms with Gasteiger partial charge in [-0.25, -0.2) is 4.98 Å². The lowest BCUT2D eigenvalue weighted by Crippen LogP contribution is -2.62. The Bertz CT molecular complexity index is 1540. The van der Waals surface area contributed by atoms with E-state index < -0.39 is 11.7 Å². The van der Waals surface area contributed by atoms with E-state index in [-0.39, 0.29) is 23.9 Å². The molecular weight excluding hydrogens is 545 g/mol. The Morgan fingerprint density at radius 1 is 1.00 bits per heavy atom. The molecule has 6 rings (SSSR count). The van der Waals surface area contributed by atoms with E-state index in [1.54, 1.807) is 23.7 Å². The number of carbonyl (C=O) groups excluding carboxylic acids is 2. The molecule has 4 heterocycles. The molecule has 202 valence electrons. The average Bonchev–Trinajstić information content (AvgIpc) is 3.66. The van der Waals surface area contributed by atoms with Gasteiger partial charge in [-0.3, -0.25) is 9.59 Å². The SMILES string of the molecule is Cc1c(C(=O)N2CC(NC3CCN(C(=O)c4nccs4)C3)C2)sc2ccc(-c3cccc(C(F)(F)F)c3)cc12. The first-order valence-corrected chi connectivity index (χ1v) is 14.3. The maximum Gasteiger partial charge on any atom is 0.416 e. The Labute approximate surface area is 231 Å². The molecule has 0 radical (unpaired) electrons. The first-order chi connectivity index (χ1) is 18.7. The second-order valence-corrected chi connectivity index (χ2v) is 11.9. The number of aromatic nitrogens is 1. The zero-order valence-corrected chi connectivity index (χ0v) is 22.6. The zero-order chi connectivity index (χ0) is 27.3. The number of nitrogens with zero attached hydrogens (tertiary/aromatic N) is 3. The number of thiophene rings is 1. The van der Waals surface area contributed by atoms with Crippen LogP contribution in [0.3, 0.4) is 0 Å². The van der Waals surface area contributed by atoms with E-state index in [2.05, 4.69) is 10.3 Å². The van der Waals surface area contributed by atoms with E-state index in [0.29, 0.717) is 47.2 Å². The predicted octanol–water partition coefficient (Wildman–Crippen LogP) is 5.68. The number of fused-ring (bicyclic) bond motifs is 1. The van der Waals surface area contributed by atoms with Crippen LogP contribution in [0.4, 0.5) is 13.2 Å². The number of halogens is 3. The number of likely N-dealkylation sites (tertiary alicyclic amines) is 2. The summed E-state index contributed by atoms with van der Waals surface area (Å²) in [6, 6.07) is 11.2. The van der Waals surface area contributed by atoms with Crippen LogP contribution in [0.5, 0.6) is 0 Å². The van der Waals surface area contributed by atoms with E-state index >= 15 is 0 Å². The molecule has 0 saturated carbocycles. The molecule has 0 bridgehead atoms. The van der Waals surface area contributed by atoms with Gasteiger partial charge < -0.3 is 15.1 Å². The van der Waals surface area contributed by atoms with Crippen LogP contribution < -0.4 is 5.32 Å². The molecule has 2 fully saturated rings. The van der Waals surface area contributed by atoms with Crippen molar-refractivity contribution < 1.29 is 22.8 Å². The lowest BCUT2D eigenvalue weighted by molar-refractivity contribution is -0.137. The van der Waals surface area contributed by atoms with E-state index in [4.69, 9.17) is 0 Å². The summed E-state index contributed by atoms with van der Waals surface area (Å²) in [6.07, 6.45) is -1.90. The highest BCUT2D eigenvalue weighted by Gasteiger charge is 2.36. The quantitative estimate of drug-likeness (QED) is 0.335. The molecule has 4 aromatic rings. The van der Waals surface area contributed by atoms with E-state index in [1.807, 2.05) is 28.9 Å². The first-order valence-electron chi connectivity index (χ1n) is 12.6. The normalized spacial score (nSPS) is 18.1. The van der Waals surface area contributed by atoms with Gasteiger partial charge in [-0.1, -0.05) is 18.2 Å². The topological polar surface area (TPSA) is 65.5 Å². The molecule has 2 amide bonds. The van der Waals surface area contributed by atoms with E-state index in [1.165, 1.54) is 28.7 Å². The fourth-order valence-corrected chi connectivity index (χ4v) is 7.01. The van der Waals surface area contributed by atoms with Gasteiger partial charge >= 0.3 is 6.18 Å². The Hall–Kier alpha value is -3.28. The Morgan fingerprint density at radius 3 is 2.51 bits per heavy atom. The van der Waals surface area contributed by atoms with E-state index in [0.717, 1.165) is 34.2 Å².